The molecule has 0 saturated carbocycles. The van der Waals surface area contributed by atoms with E-state index in [4.69, 9.17) is 9.52 Å². The molecule has 3 nitrogen and oxygen atoms in total. The fourth-order valence-corrected chi connectivity index (χ4v) is 2.25. The molecule has 0 radical (unpaired) electrons. The normalized spacial score (nSPS) is 10.6. The van der Waals surface area contributed by atoms with Gasteiger partial charge in [-0.3, -0.25) is 0 Å². The average molecular weight is 242 g/mol. The van der Waals surface area contributed by atoms with Crippen LogP contribution in [-0.4, -0.2) is 16.8 Å². The van der Waals surface area contributed by atoms with Crippen LogP contribution in [0.4, 0.5) is 0 Å². The summed E-state index contributed by atoms with van der Waals surface area (Å²) in [6.07, 6.45) is 6.25. The van der Waals surface area contributed by atoms with Gasteiger partial charge in [0, 0.05) is 5.75 Å². The lowest BCUT2D eigenvalue weighted by atomic mass is 10.2. The first-order chi connectivity index (χ1) is 7.74. The molecule has 1 aromatic heterocycles. The Labute approximate surface area is 100 Å². The number of carboxylic acid groups (broad SMARTS) is 1. The van der Waals surface area contributed by atoms with Gasteiger partial charge >= 0.3 is 5.97 Å². The maximum atomic E-state index is 10.6. The zero-order valence-corrected chi connectivity index (χ0v) is 10.4. The van der Waals surface area contributed by atoms with Crippen LogP contribution in [0.2, 0.25) is 0 Å². The highest BCUT2D eigenvalue weighted by atomic mass is 32.2. The van der Waals surface area contributed by atoms with Gasteiger partial charge in [-0.2, -0.15) is 0 Å². The van der Waals surface area contributed by atoms with Crippen molar-refractivity contribution in [1.29, 1.82) is 0 Å². The minimum absolute atomic E-state index is 0.0217. The lowest BCUT2D eigenvalue weighted by Gasteiger charge is -1.98. The Bertz CT molecular complexity index is 320. The summed E-state index contributed by atoms with van der Waals surface area (Å²) in [6, 6.07) is 3.22. The van der Waals surface area contributed by atoms with Crippen LogP contribution in [0, 0.1) is 0 Å². The van der Waals surface area contributed by atoms with E-state index in [0.29, 0.717) is 5.09 Å². The molecule has 0 atom stereocenters. The van der Waals surface area contributed by atoms with Crippen LogP contribution in [0.15, 0.2) is 21.6 Å². The molecular weight excluding hydrogens is 224 g/mol. The molecule has 1 heterocycles. The molecule has 0 fully saturated rings. The number of furan rings is 1. The summed E-state index contributed by atoms with van der Waals surface area (Å²) in [7, 11) is 0. The number of hydrogen-bond acceptors (Lipinski definition) is 3. The SMILES string of the molecule is CCCCCCCSc1ccc(C(=O)O)o1. The van der Waals surface area contributed by atoms with Crippen molar-refractivity contribution in [3.05, 3.63) is 17.9 Å². The van der Waals surface area contributed by atoms with Crippen molar-refractivity contribution in [2.24, 2.45) is 0 Å². The molecule has 4 heteroatoms. The van der Waals surface area contributed by atoms with Crippen molar-refractivity contribution in [2.75, 3.05) is 5.75 Å². The van der Waals surface area contributed by atoms with E-state index in [-0.39, 0.29) is 5.76 Å². The average Bonchev–Trinajstić information content (AvgIpc) is 2.72. The summed E-state index contributed by atoms with van der Waals surface area (Å²) in [4.78, 5) is 10.6. The van der Waals surface area contributed by atoms with Gasteiger partial charge in [0.2, 0.25) is 5.76 Å². The Morgan fingerprint density at radius 3 is 2.69 bits per heavy atom. The predicted molar refractivity (Wildman–Crippen MR) is 65.2 cm³/mol. The van der Waals surface area contributed by atoms with E-state index in [1.807, 2.05) is 0 Å². The van der Waals surface area contributed by atoms with E-state index in [1.54, 1.807) is 17.8 Å². The second kappa shape index (κ2) is 7.39. The standard InChI is InChI=1S/C12H18O3S/c1-2-3-4-5-6-9-16-11-8-7-10(15-11)12(13)14/h7-8H,2-6,9H2,1H3,(H,13,14). The second-order valence-corrected chi connectivity index (χ2v) is 4.79. The van der Waals surface area contributed by atoms with Gasteiger partial charge in [0.1, 0.15) is 0 Å². The Hall–Kier alpha value is -0.900. The van der Waals surface area contributed by atoms with E-state index in [1.165, 1.54) is 31.7 Å². The largest absolute Gasteiger partial charge is 0.475 e. The molecule has 0 aliphatic carbocycles. The van der Waals surface area contributed by atoms with Crippen LogP contribution in [-0.2, 0) is 0 Å². The molecule has 90 valence electrons. The minimum Gasteiger partial charge on any atom is -0.475 e. The quantitative estimate of drug-likeness (QED) is 0.552. The molecule has 0 unspecified atom stereocenters. The molecule has 1 aromatic rings. The summed E-state index contributed by atoms with van der Waals surface area (Å²) in [5.74, 6) is 0.0132. The third kappa shape index (κ3) is 4.75. The third-order valence-corrected chi connectivity index (χ3v) is 3.28. The number of thioether (sulfide) groups is 1. The molecule has 1 N–H and O–H groups in total. The highest BCUT2D eigenvalue weighted by molar-refractivity contribution is 7.99. The van der Waals surface area contributed by atoms with Crippen LogP contribution in [0.5, 0.6) is 0 Å². The van der Waals surface area contributed by atoms with Gasteiger partial charge in [-0.15, -0.1) is 0 Å². The van der Waals surface area contributed by atoms with Gasteiger partial charge in [-0.25, -0.2) is 4.79 Å². The summed E-state index contributed by atoms with van der Waals surface area (Å²) in [5.41, 5.74) is 0. The van der Waals surface area contributed by atoms with Crippen LogP contribution in [0.1, 0.15) is 49.6 Å². The zero-order valence-electron chi connectivity index (χ0n) is 9.57. The van der Waals surface area contributed by atoms with Crippen molar-refractivity contribution >= 4 is 17.7 Å². The van der Waals surface area contributed by atoms with Gasteiger partial charge in [0.15, 0.2) is 5.09 Å². The van der Waals surface area contributed by atoms with E-state index in [2.05, 4.69) is 6.92 Å². The highest BCUT2D eigenvalue weighted by Gasteiger charge is 2.08. The molecule has 0 aromatic carbocycles. The van der Waals surface area contributed by atoms with Crippen LogP contribution in [0.25, 0.3) is 0 Å². The Kier molecular flexibility index (Phi) is 6.08. The maximum Gasteiger partial charge on any atom is 0.371 e. The fraction of sp³-hybridized carbons (Fsp3) is 0.583. The molecule has 0 aliphatic heterocycles. The molecule has 0 saturated heterocycles. The van der Waals surface area contributed by atoms with E-state index in [0.717, 1.165) is 12.2 Å². The number of rotatable bonds is 8. The molecule has 0 spiro atoms. The molecule has 0 amide bonds. The zero-order chi connectivity index (χ0) is 11.8. The highest BCUT2D eigenvalue weighted by Crippen LogP contribution is 2.22. The number of carbonyl (C=O) groups is 1. The summed E-state index contributed by atoms with van der Waals surface area (Å²) in [6.45, 7) is 2.20. The van der Waals surface area contributed by atoms with Crippen LogP contribution >= 0.6 is 11.8 Å². The Morgan fingerprint density at radius 1 is 1.31 bits per heavy atom. The Morgan fingerprint density at radius 2 is 2.06 bits per heavy atom. The summed E-state index contributed by atoms with van der Waals surface area (Å²) in [5, 5.41) is 9.37. The lowest BCUT2D eigenvalue weighted by molar-refractivity contribution is 0.0656. The number of aromatic carboxylic acids is 1. The lowest BCUT2D eigenvalue weighted by Crippen LogP contribution is -1.91. The fourth-order valence-electron chi connectivity index (χ4n) is 1.39. The number of unbranched alkanes of at least 4 members (excludes halogenated alkanes) is 4. The number of hydrogen-bond donors (Lipinski definition) is 1. The van der Waals surface area contributed by atoms with Crippen LogP contribution in [0.3, 0.4) is 0 Å². The molecule has 1 rings (SSSR count). The first-order valence-electron chi connectivity index (χ1n) is 5.70. The van der Waals surface area contributed by atoms with E-state index >= 15 is 0 Å². The van der Waals surface area contributed by atoms with Crippen LogP contribution < -0.4 is 0 Å². The van der Waals surface area contributed by atoms with Gasteiger partial charge < -0.3 is 9.52 Å². The topological polar surface area (TPSA) is 50.4 Å². The van der Waals surface area contributed by atoms with Gasteiger partial charge in [0.25, 0.3) is 0 Å². The third-order valence-electron chi connectivity index (χ3n) is 2.28. The summed E-state index contributed by atoms with van der Waals surface area (Å²) < 4.78 is 5.14. The molecular formula is C12H18O3S. The van der Waals surface area contributed by atoms with Gasteiger partial charge in [-0.05, 0) is 18.6 Å². The maximum absolute atomic E-state index is 10.6. The van der Waals surface area contributed by atoms with E-state index < -0.39 is 5.97 Å². The second-order valence-electron chi connectivity index (χ2n) is 3.69. The van der Waals surface area contributed by atoms with Gasteiger partial charge in [-0.1, -0.05) is 44.4 Å². The van der Waals surface area contributed by atoms with Gasteiger partial charge in [0.05, 0.1) is 0 Å². The van der Waals surface area contributed by atoms with Crippen molar-refractivity contribution in [1.82, 2.24) is 0 Å². The molecule has 0 bridgehead atoms. The predicted octanol–water partition coefficient (Wildman–Crippen LogP) is 4.04. The number of carboxylic acids is 1. The van der Waals surface area contributed by atoms with E-state index in [9.17, 15) is 4.79 Å². The van der Waals surface area contributed by atoms with Crippen molar-refractivity contribution in [3.8, 4) is 0 Å². The summed E-state index contributed by atoms with van der Waals surface area (Å²) >= 11 is 1.59. The minimum atomic E-state index is -1.00. The van der Waals surface area contributed by atoms with Crippen molar-refractivity contribution < 1.29 is 14.3 Å². The van der Waals surface area contributed by atoms with Crippen molar-refractivity contribution in [3.63, 3.8) is 0 Å². The molecule has 0 aliphatic rings. The monoisotopic (exact) mass is 242 g/mol. The first kappa shape index (κ1) is 13.2. The van der Waals surface area contributed by atoms with Crippen molar-refractivity contribution in [2.45, 2.75) is 44.1 Å². The first-order valence-corrected chi connectivity index (χ1v) is 6.68. The smallest absolute Gasteiger partial charge is 0.371 e. The molecule has 16 heavy (non-hydrogen) atoms. The Balaban J connectivity index is 2.14.